The highest BCUT2D eigenvalue weighted by molar-refractivity contribution is 5.81. The Hall–Kier alpha value is -2.93. The highest BCUT2D eigenvalue weighted by Gasteiger charge is 2.46. The lowest BCUT2D eigenvalue weighted by molar-refractivity contribution is -0.124. The largest absolute Gasteiger partial charge is 0.356 e. The Labute approximate surface area is 166 Å². The van der Waals surface area contributed by atoms with Crippen molar-refractivity contribution in [1.82, 2.24) is 10.3 Å². The second kappa shape index (κ2) is 7.59. The number of nitriles is 1. The number of fused-ring (bicyclic) bond motifs is 1. The van der Waals surface area contributed by atoms with Gasteiger partial charge in [-0.3, -0.25) is 9.78 Å². The minimum absolute atomic E-state index is 0.152. The van der Waals surface area contributed by atoms with E-state index in [1.165, 1.54) is 0 Å². The number of benzene rings is 1. The first-order chi connectivity index (χ1) is 13.6. The molecule has 1 saturated heterocycles. The standard InChI is InChI=1S/C24H25N3O/c1-15-11-22-23(14-27-24(22)28)20(16(15)2)10-9-19-8-7-18(13-26-19)21-6-4-3-5-17(21)12-25/h3-10,13,15-16,20,22-23H,11,14H2,1-2H3,(H,27,28)/b10-9+/t15-,16+,20-,22+,23-/m0/s1. The van der Waals surface area contributed by atoms with Crippen LogP contribution in [0.15, 0.2) is 48.7 Å². The average Bonchev–Trinajstić information content (AvgIpc) is 3.09. The molecule has 0 bridgehead atoms. The molecule has 0 unspecified atom stereocenters. The average molecular weight is 371 g/mol. The van der Waals surface area contributed by atoms with Crippen molar-refractivity contribution in [3.63, 3.8) is 0 Å². The third-order valence-corrected chi connectivity index (χ3v) is 6.62. The van der Waals surface area contributed by atoms with Gasteiger partial charge in [0.2, 0.25) is 5.91 Å². The first-order valence-electron chi connectivity index (χ1n) is 10.00. The maximum absolute atomic E-state index is 12.1. The summed E-state index contributed by atoms with van der Waals surface area (Å²) in [5.41, 5.74) is 3.40. The van der Waals surface area contributed by atoms with Crippen LogP contribution in [-0.4, -0.2) is 17.4 Å². The van der Waals surface area contributed by atoms with E-state index in [0.717, 1.165) is 29.8 Å². The third kappa shape index (κ3) is 3.33. The van der Waals surface area contributed by atoms with Gasteiger partial charge < -0.3 is 5.32 Å². The Bertz CT molecular complexity index is 941. The molecule has 1 aromatic carbocycles. The van der Waals surface area contributed by atoms with Crippen molar-refractivity contribution in [2.45, 2.75) is 20.3 Å². The Kier molecular flexibility index (Phi) is 5.00. The summed E-state index contributed by atoms with van der Waals surface area (Å²) < 4.78 is 0. The number of aromatic nitrogens is 1. The highest BCUT2D eigenvalue weighted by Crippen LogP contribution is 2.45. The van der Waals surface area contributed by atoms with Crippen molar-refractivity contribution < 1.29 is 4.79 Å². The fourth-order valence-electron chi connectivity index (χ4n) is 4.78. The predicted molar refractivity (Wildman–Crippen MR) is 110 cm³/mol. The summed E-state index contributed by atoms with van der Waals surface area (Å²) in [4.78, 5) is 16.7. The van der Waals surface area contributed by atoms with Gasteiger partial charge in [-0.05, 0) is 48.3 Å². The minimum atomic E-state index is 0.152. The van der Waals surface area contributed by atoms with E-state index in [9.17, 15) is 10.1 Å². The number of nitrogens with one attached hydrogen (secondary N) is 1. The first-order valence-corrected chi connectivity index (χ1v) is 10.00. The zero-order valence-electron chi connectivity index (χ0n) is 16.3. The van der Waals surface area contributed by atoms with Crippen LogP contribution in [0.5, 0.6) is 0 Å². The van der Waals surface area contributed by atoms with Gasteiger partial charge in [-0.25, -0.2) is 0 Å². The molecular weight excluding hydrogens is 346 g/mol. The number of hydrogen-bond donors (Lipinski definition) is 1. The monoisotopic (exact) mass is 371 g/mol. The van der Waals surface area contributed by atoms with Gasteiger partial charge in [0.1, 0.15) is 0 Å². The molecule has 2 fully saturated rings. The Morgan fingerprint density at radius 1 is 1.21 bits per heavy atom. The number of carbonyl (C=O) groups excluding carboxylic acids is 1. The van der Waals surface area contributed by atoms with Crippen LogP contribution < -0.4 is 5.32 Å². The van der Waals surface area contributed by atoms with E-state index in [-0.39, 0.29) is 11.8 Å². The molecule has 5 atom stereocenters. The lowest BCUT2D eigenvalue weighted by atomic mass is 9.64. The molecule has 1 amide bonds. The van der Waals surface area contributed by atoms with Gasteiger partial charge in [-0.15, -0.1) is 0 Å². The third-order valence-electron chi connectivity index (χ3n) is 6.62. The molecule has 1 saturated carbocycles. The normalized spacial score (nSPS) is 29.3. The van der Waals surface area contributed by atoms with Gasteiger partial charge in [0, 0.05) is 29.8 Å². The molecule has 2 aromatic rings. The van der Waals surface area contributed by atoms with Crippen molar-refractivity contribution in [1.29, 1.82) is 5.26 Å². The molecule has 2 heterocycles. The molecule has 4 heteroatoms. The van der Waals surface area contributed by atoms with Gasteiger partial charge in [0.25, 0.3) is 0 Å². The van der Waals surface area contributed by atoms with E-state index in [4.69, 9.17) is 0 Å². The van der Waals surface area contributed by atoms with Crippen LogP contribution in [0.1, 0.15) is 31.5 Å². The fraction of sp³-hybridized carbons (Fsp3) is 0.375. The molecule has 28 heavy (non-hydrogen) atoms. The molecule has 0 spiro atoms. The van der Waals surface area contributed by atoms with E-state index < -0.39 is 0 Å². The molecule has 4 rings (SSSR count). The molecule has 4 nitrogen and oxygen atoms in total. The molecule has 142 valence electrons. The van der Waals surface area contributed by atoms with Crippen molar-refractivity contribution in [2.75, 3.05) is 6.54 Å². The fourth-order valence-corrected chi connectivity index (χ4v) is 4.78. The SMILES string of the molecule is C[C@H]1[C@H](/C=C/c2ccc(-c3ccccc3C#N)cn2)[C@@H]2CNC(=O)[C@@H]2C[C@@H]1C. The van der Waals surface area contributed by atoms with Crippen LogP contribution in [0.2, 0.25) is 0 Å². The smallest absolute Gasteiger partial charge is 0.223 e. The number of allylic oxidation sites excluding steroid dienone is 1. The maximum atomic E-state index is 12.1. The minimum Gasteiger partial charge on any atom is -0.356 e. The number of pyridine rings is 1. The topological polar surface area (TPSA) is 65.8 Å². The second-order valence-electron chi connectivity index (χ2n) is 8.15. The summed E-state index contributed by atoms with van der Waals surface area (Å²) in [5, 5.41) is 12.3. The second-order valence-corrected chi connectivity index (χ2v) is 8.15. The van der Waals surface area contributed by atoms with Crippen LogP contribution in [0.25, 0.3) is 17.2 Å². The van der Waals surface area contributed by atoms with Gasteiger partial charge in [-0.1, -0.05) is 44.2 Å². The maximum Gasteiger partial charge on any atom is 0.223 e. The number of amides is 1. The molecule has 1 aliphatic carbocycles. The van der Waals surface area contributed by atoms with Gasteiger partial charge in [-0.2, -0.15) is 5.26 Å². The van der Waals surface area contributed by atoms with Crippen LogP contribution in [0.4, 0.5) is 0 Å². The summed E-state index contributed by atoms with van der Waals surface area (Å²) in [6.45, 7) is 5.34. The van der Waals surface area contributed by atoms with Gasteiger partial charge in [0.15, 0.2) is 0 Å². The summed E-state index contributed by atoms with van der Waals surface area (Å²) >= 11 is 0. The van der Waals surface area contributed by atoms with Crippen molar-refractivity contribution in [3.05, 3.63) is 59.9 Å². The number of nitrogens with zero attached hydrogens (tertiary/aromatic N) is 2. The zero-order chi connectivity index (χ0) is 19.7. The molecule has 1 aliphatic heterocycles. The van der Waals surface area contributed by atoms with Crippen LogP contribution in [-0.2, 0) is 4.79 Å². The Morgan fingerprint density at radius 3 is 2.79 bits per heavy atom. The lowest BCUT2D eigenvalue weighted by Gasteiger charge is -2.39. The Morgan fingerprint density at radius 2 is 2.04 bits per heavy atom. The first kappa shape index (κ1) is 18.4. The zero-order valence-corrected chi connectivity index (χ0v) is 16.3. The van der Waals surface area contributed by atoms with Crippen molar-refractivity contribution in [2.24, 2.45) is 29.6 Å². The van der Waals surface area contributed by atoms with E-state index >= 15 is 0 Å². The van der Waals surface area contributed by atoms with E-state index in [1.807, 2.05) is 42.6 Å². The Balaban J connectivity index is 1.55. The molecular formula is C24H25N3O. The van der Waals surface area contributed by atoms with Crippen LogP contribution in [0, 0.1) is 40.9 Å². The summed E-state index contributed by atoms with van der Waals surface area (Å²) in [7, 11) is 0. The van der Waals surface area contributed by atoms with E-state index in [2.05, 4.69) is 42.4 Å². The number of rotatable bonds is 3. The van der Waals surface area contributed by atoms with E-state index in [0.29, 0.717) is 29.2 Å². The van der Waals surface area contributed by atoms with Crippen molar-refractivity contribution in [3.8, 4) is 17.2 Å². The van der Waals surface area contributed by atoms with E-state index in [1.54, 1.807) is 0 Å². The van der Waals surface area contributed by atoms with Crippen LogP contribution >= 0.6 is 0 Å². The summed E-state index contributed by atoms with van der Waals surface area (Å²) in [6, 6.07) is 13.8. The van der Waals surface area contributed by atoms with Crippen molar-refractivity contribution >= 4 is 12.0 Å². The van der Waals surface area contributed by atoms with Gasteiger partial charge >= 0.3 is 0 Å². The molecule has 2 aliphatic rings. The molecule has 1 aromatic heterocycles. The predicted octanol–water partition coefficient (Wildman–Crippen LogP) is 4.29. The van der Waals surface area contributed by atoms with Crippen LogP contribution in [0.3, 0.4) is 0 Å². The van der Waals surface area contributed by atoms with Gasteiger partial charge in [0.05, 0.1) is 17.3 Å². The number of hydrogen-bond acceptors (Lipinski definition) is 3. The summed E-state index contributed by atoms with van der Waals surface area (Å²) in [5.74, 6) is 2.23. The molecule has 0 radical (unpaired) electrons. The number of carbonyl (C=O) groups is 1. The quantitative estimate of drug-likeness (QED) is 0.875. The lowest BCUT2D eigenvalue weighted by Crippen LogP contribution is -2.37. The highest BCUT2D eigenvalue weighted by atomic mass is 16.2. The summed E-state index contributed by atoms with van der Waals surface area (Å²) in [6.07, 6.45) is 7.15. The molecule has 1 N–H and O–H groups in total.